The first-order valence-electron chi connectivity index (χ1n) is 9.19. The van der Waals surface area contributed by atoms with Crippen molar-refractivity contribution in [3.05, 3.63) is 40.9 Å². The number of likely N-dealkylation sites (N-methyl/N-ethyl adjacent to an activating group) is 1. The quantitative estimate of drug-likeness (QED) is 0.791. The first-order chi connectivity index (χ1) is 12.6. The van der Waals surface area contributed by atoms with Crippen LogP contribution in [0.4, 0.5) is 0 Å². The van der Waals surface area contributed by atoms with E-state index in [-0.39, 0.29) is 17.5 Å². The van der Waals surface area contributed by atoms with Crippen LogP contribution in [0, 0.1) is 5.92 Å². The van der Waals surface area contributed by atoms with E-state index in [4.69, 9.17) is 0 Å². The average molecular weight is 356 g/mol. The molecule has 4 heterocycles. The standard InChI is InChI=1S/C18H24N6O2/c1-21-10-7-15(18(21)26)22-11-5-14(6-12-22)13-24-17(25)4-3-16(20-24)23-9-2-8-19-23/h2-4,8-9,14-15H,5-7,10-13H2,1H3. The number of likely N-dealkylation sites (tertiary alicyclic amines) is 2. The fraction of sp³-hybridized carbons (Fsp3) is 0.556. The van der Waals surface area contributed by atoms with Gasteiger partial charge < -0.3 is 4.90 Å². The molecule has 4 rings (SSSR count). The number of piperidine rings is 1. The molecule has 0 aromatic carbocycles. The molecule has 26 heavy (non-hydrogen) atoms. The summed E-state index contributed by atoms with van der Waals surface area (Å²) in [7, 11) is 1.87. The summed E-state index contributed by atoms with van der Waals surface area (Å²) >= 11 is 0. The summed E-state index contributed by atoms with van der Waals surface area (Å²) in [6.07, 6.45) is 6.38. The van der Waals surface area contributed by atoms with Crippen molar-refractivity contribution in [3.8, 4) is 5.82 Å². The molecule has 2 aromatic rings. The monoisotopic (exact) mass is 356 g/mol. The van der Waals surface area contributed by atoms with Crippen LogP contribution < -0.4 is 5.56 Å². The van der Waals surface area contributed by atoms with Gasteiger partial charge in [0.05, 0.1) is 6.04 Å². The molecule has 8 heteroatoms. The SMILES string of the molecule is CN1CCC(N2CCC(Cn3nc(-n4cccn4)ccc3=O)CC2)C1=O. The minimum Gasteiger partial charge on any atom is -0.344 e. The van der Waals surface area contributed by atoms with Crippen LogP contribution in [0.25, 0.3) is 5.82 Å². The highest BCUT2D eigenvalue weighted by Crippen LogP contribution is 2.24. The van der Waals surface area contributed by atoms with E-state index in [1.54, 1.807) is 27.7 Å². The second-order valence-electron chi connectivity index (χ2n) is 7.21. The third-order valence-corrected chi connectivity index (χ3v) is 5.51. The van der Waals surface area contributed by atoms with Crippen LogP contribution in [0.1, 0.15) is 19.3 Å². The highest BCUT2D eigenvalue weighted by Gasteiger charge is 2.35. The summed E-state index contributed by atoms with van der Waals surface area (Å²) < 4.78 is 3.20. The van der Waals surface area contributed by atoms with Gasteiger partial charge in [0, 0.05) is 38.6 Å². The molecule has 138 valence electrons. The zero-order valence-electron chi connectivity index (χ0n) is 15.0. The molecule has 2 aliphatic heterocycles. The van der Waals surface area contributed by atoms with E-state index < -0.39 is 0 Å². The van der Waals surface area contributed by atoms with Crippen LogP contribution in [-0.2, 0) is 11.3 Å². The maximum atomic E-state index is 12.2. The Morgan fingerprint density at radius 1 is 1.12 bits per heavy atom. The van der Waals surface area contributed by atoms with Gasteiger partial charge in [-0.05, 0) is 50.4 Å². The largest absolute Gasteiger partial charge is 0.344 e. The van der Waals surface area contributed by atoms with Gasteiger partial charge in [0.1, 0.15) is 0 Å². The molecule has 0 spiro atoms. The number of carbonyl (C=O) groups excluding carboxylic acids is 1. The lowest BCUT2D eigenvalue weighted by molar-refractivity contribution is -0.131. The minimum absolute atomic E-state index is 0.0462. The Balaban J connectivity index is 1.40. The summed E-state index contributed by atoms with van der Waals surface area (Å²) in [6.45, 7) is 3.27. The van der Waals surface area contributed by atoms with Gasteiger partial charge in [-0.2, -0.15) is 5.10 Å². The Bertz CT molecular complexity index is 822. The third kappa shape index (κ3) is 3.29. The van der Waals surface area contributed by atoms with Crippen molar-refractivity contribution in [2.45, 2.75) is 31.8 Å². The van der Waals surface area contributed by atoms with Crippen molar-refractivity contribution in [3.63, 3.8) is 0 Å². The molecule has 2 saturated heterocycles. The topological polar surface area (TPSA) is 76.3 Å². The van der Waals surface area contributed by atoms with Gasteiger partial charge in [-0.3, -0.25) is 14.5 Å². The van der Waals surface area contributed by atoms with Gasteiger partial charge in [0.2, 0.25) is 5.91 Å². The second kappa shape index (κ2) is 7.03. The highest BCUT2D eigenvalue weighted by atomic mass is 16.2. The molecule has 0 bridgehead atoms. The van der Waals surface area contributed by atoms with Crippen molar-refractivity contribution in [1.82, 2.24) is 29.4 Å². The maximum absolute atomic E-state index is 12.2. The number of hydrogen-bond donors (Lipinski definition) is 0. The smallest absolute Gasteiger partial charge is 0.266 e. The number of carbonyl (C=O) groups is 1. The Morgan fingerprint density at radius 3 is 2.58 bits per heavy atom. The lowest BCUT2D eigenvalue weighted by Crippen LogP contribution is -2.46. The van der Waals surface area contributed by atoms with E-state index >= 15 is 0 Å². The number of aromatic nitrogens is 4. The van der Waals surface area contributed by atoms with Crippen molar-refractivity contribution in [2.24, 2.45) is 5.92 Å². The molecule has 2 fully saturated rings. The summed E-state index contributed by atoms with van der Waals surface area (Å²) in [6, 6.07) is 5.11. The molecule has 0 radical (unpaired) electrons. The zero-order chi connectivity index (χ0) is 18.1. The Morgan fingerprint density at radius 2 is 1.92 bits per heavy atom. The first-order valence-corrected chi connectivity index (χ1v) is 9.19. The summed E-state index contributed by atoms with van der Waals surface area (Å²) in [4.78, 5) is 28.5. The molecule has 1 unspecified atom stereocenters. The second-order valence-corrected chi connectivity index (χ2v) is 7.21. The molecule has 8 nitrogen and oxygen atoms in total. The molecule has 0 saturated carbocycles. The average Bonchev–Trinajstić information content (AvgIpc) is 3.29. The van der Waals surface area contributed by atoms with E-state index in [0.29, 0.717) is 18.3 Å². The molecular weight excluding hydrogens is 332 g/mol. The highest BCUT2D eigenvalue weighted by molar-refractivity contribution is 5.83. The molecule has 2 aromatic heterocycles. The van der Waals surface area contributed by atoms with Crippen molar-refractivity contribution in [1.29, 1.82) is 0 Å². The van der Waals surface area contributed by atoms with Crippen LogP contribution in [0.2, 0.25) is 0 Å². The Labute approximate surface area is 152 Å². The lowest BCUT2D eigenvalue weighted by atomic mass is 9.95. The van der Waals surface area contributed by atoms with E-state index in [9.17, 15) is 9.59 Å². The van der Waals surface area contributed by atoms with E-state index in [1.165, 1.54) is 0 Å². The van der Waals surface area contributed by atoms with Gasteiger partial charge in [-0.1, -0.05) is 0 Å². The van der Waals surface area contributed by atoms with E-state index in [0.717, 1.165) is 38.9 Å². The third-order valence-electron chi connectivity index (χ3n) is 5.51. The van der Waals surface area contributed by atoms with Gasteiger partial charge in [0.25, 0.3) is 5.56 Å². The fourth-order valence-corrected chi connectivity index (χ4v) is 3.93. The molecule has 1 amide bonds. The predicted molar refractivity (Wildman–Crippen MR) is 96.0 cm³/mol. The molecule has 0 aliphatic carbocycles. The molecule has 2 aliphatic rings. The molecule has 0 N–H and O–H groups in total. The van der Waals surface area contributed by atoms with Gasteiger partial charge >= 0.3 is 0 Å². The van der Waals surface area contributed by atoms with Crippen LogP contribution in [-0.4, -0.2) is 68.0 Å². The number of amides is 1. The Hall–Kier alpha value is -2.48. The number of rotatable bonds is 4. The predicted octanol–water partition coefficient (Wildman–Crippen LogP) is 0.372. The van der Waals surface area contributed by atoms with Gasteiger partial charge in [0.15, 0.2) is 5.82 Å². The minimum atomic E-state index is -0.0871. The summed E-state index contributed by atoms with van der Waals surface area (Å²) in [5.41, 5.74) is -0.0871. The van der Waals surface area contributed by atoms with E-state index in [2.05, 4.69) is 15.1 Å². The lowest BCUT2D eigenvalue weighted by Gasteiger charge is -2.35. The molecule has 1 atom stereocenters. The first kappa shape index (κ1) is 17.0. The summed E-state index contributed by atoms with van der Waals surface area (Å²) in [5, 5.41) is 8.63. The maximum Gasteiger partial charge on any atom is 0.266 e. The van der Waals surface area contributed by atoms with Crippen molar-refractivity contribution >= 4 is 5.91 Å². The molecular formula is C18H24N6O2. The summed E-state index contributed by atoms with van der Waals surface area (Å²) in [5.74, 6) is 1.29. The van der Waals surface area contributed by atoms with Crippen LogP contribution >= 0.6 is 0 Å². The number of nitrogens with zero attached hydrogens (tertiary/aromatic N) is 6. The van der Waals surface area contributed by atoms with Crippen LogP contribution in [0.5, 0.6) is 0 Å². The van der Waals surface area contributed by atoms with Crippen LogP contribution in [0.15, 0.2) is 35.4 Å². The number of hydrogen-bond acceptors (Lipinski definition) is 5. The Kier molecular flexibility index (Phi) is 4.58. The van der Waals surface area contributed by atoms with Crippen molar-refractivity contribution < 1.29 is 4.79 Å². The normalized spacial score (nSPS) is 22.3. The van der Waals surface area contributed by atoms with Gasteiger partial charge in [-0.25, -0.2) is 9.36 Å². The fourth-order valence-electron chi connectivity index (χ4n) is 3.93. The zero-order valence-corrected chi connectivity index (χ0v) is 15.0. The van der Waals surface area contributed by atoms with Crippen molar-refractivity contribution in [2.75, 3.05) is 26.7 Å². The van der Waals surface area contributed by atoms with E-state index in [1.807, 2.05) is 24.2 Å². The van der Waals surface area contributed by atoms with Gasteiger partial charge in [-0.15, -0.1) is 5.10 Å². The van der Waals surface area contributed by atoms with Crippen LogP contribution in [0.3, 0.4) is 0 Å².